The summed E-state index contributed by atoms with van der Waals surface area (Å²) < 4.78 is 26.5. The first kappa shape index (κ1) is 13.7. The summed E-state index contributed by atoms with van der Waals surface area (Å²) in [4.78, 5) is 0. The first-order valence-electron chi connectivity index (χ1n) is 6.07. The Kier molecular flexibility index (Phi) is 3.42. The highest BCUT2D eigenvalue weighted by Crippen LogP contribution is 2.31. The molecule has 2 rings (SSSR count). The third kappa shape index (κ3) is 2.66. The molecule has 1 unspecified atom stereocenters. The van der Waals surface area contributed by atoms with E-state index in [2.05, 4.69) is 0 Å². The summed E-state index contributed by atoms with van der Waals surface area (Å²) in [5.74, 6) is -1.39. The Morgan fingerprint density at radius 1 is 0.842 bits per heavy atom. The van der Waals surface area contributed by atoms with Crippen LogP contribution in [0.5, 0.6) is 0 Å². The maximum absolute atomic E-state index is 13.3. The molecule has 0 bridgehead atoms. The maximum Gasteiger partial charge on any atom is 0.126 e. The molecule has 2 aromatic carbocycles. The molecule has 0 aliphatic heterocycles. The van der Waals surface area contributed by atoms with Crippen molar-refractivity contribution in [1.82, 2.24) is 0 Å². The van der Waals surface area contributed by atoms with Crippen molar-refractivity contribution in [2.45, 2.75) is 26.4 Å². The van der Waals surface area contributed by atoms with Crippen LogP contribution in [0.2, 0.25) is 0 Å². The van der Waals surface area contributed by atoms with Gasteiger partial charge in [0.15, 0.2) is 0 Å². The number of hydrogen-bond acceptors (Lipinski definition) is 1. The summed E-state index contributed by atoms with van der Waals surface area (Å²) >= 11 is 0. The van der Waals surface area contributed by atoms with Crippen molar-refractivity contribution in [3.63, 3.8) is 0 Å². The van der Waals surface area contributed by atoms with Crippen molar-refractivity contribution in [1.29, 1.82) is 0 Å². The lowest BCUT2D eigenvalue weighted by atomic mass is 9.86. The highest BCUT2D eigenvalue weighted by molar-refractivity contribution is 5.39. The second-order valence-electron chi connectivity index (χ2n) is 5.03. The first-order chi connectivity index (χ1) is 8.80. The van der Waals surface area contributed by atoms with E-state index in [1.165, 1.54) is 6.92 Å². The zero-order chi connectivity index (χ0) is 14.2. The molecule has 19 heavy (non-hydrogen) atoms. The predicted molar refractivity (Wildman–Crippen MR) is 70.9 cm³/mol. The summed E-state index contributed by atoms with van der Waals surface area (Å²) in [5, 5.41) is 10.6. The molecule has 3 heteroatoms. The average molecular weight is 262 g/mol. The van der Waals surface area contributed by atoms with Crippen LogP contribution in [-0.4, -0.2) is 5.11 Å². The largest absolute Gasteiger partial charge is 0.381 e. The van der Waals surface area contributed by atoms with Gasteiger partial charge in [0.25, 0.3) is 0 Å². The molecule has 0 radical (unpaired) electrons. The highest BCUT2D eigenvalue weighted by atomic mass is 19.1. The summed E-state index contributed by atoms with van der Waals surface area (Å²) in [6.45, 7) is 5.43. The molecule has 0 saturated heterocycles. The number of halogens is 2. The Balaban J connectivity index is 2.54. The van der Waals surface area contributed by atoms with E-state index in [0.29, 0.717) is 5.56 Å². The zero-order valence-corrected chi connectivity index (χ0v) is 11.2. The molecule has 0 aliphatic carbocycles. The fraction of sp³-hybridized carbons (Fsp3) is 0.250. The molecule has 100 valence electrons. The van der Waals surface area contributed by atoms with Gasteiger partial charge in [-0.05, 0) is 55.2 Å². The van der Waals surface area contributed by atoms with Gasteiger partial charge in [0, 0.05) is 6.07 Å². The van der Waals surface area contributed by atoms with Crippen LogP contribution in [-0.2, 0) is 5.60 Å². The quantitative estimate of drug-likeness (QED) is 0.872. The lowest BCUT2D eigenvalue weighted by Gasteiger charge is -2.25. The van der Waals surface area contributed by atoms with Crippen LogP contribution in [0, 0.1) is 25.5 Å². The maximum atomic E-state index is 13.3. The summed E-state index contributed by atoms with van der Waals surface area (Å²) in [6, 6.07) is 8.58. The highest BCUT2D eigenvalue weighted by Gasteiger charge is 2.27. The molecule has 0 spiro atoms. The standard InChI is InChI=1S/C16H16F2O/c1-10-4-5-12(6-11(10)2)16(3,19)13-7-14(17)9-15(18)8-13/h4-9,19H,1-3H3. The van der Waals surface area contributed by atoms with Gasteiger partial charge < -0.3 is 5.11 Å². The predicted octanol–water partition coefficient (Wildman–Crippen LogP) is 3.84. The monoisotopic (exact) mass is 262 g/mol. The number of aryl methyl sites for hydroxylation is 2. The fourth-order valence-electron chi connectivity index (χ4n) is 2.05. The summed E-state index contributed by atoms with van der Waals surface area (Å²) in [7, 11) is 0. The van der Waals surface area contributed by atoms with E-state index < -0.39 is 17.2 Å². The van der Waals surface area contributed by atoms with Gasteiger partial charge in [-0.2, -0.15) is 0 Å². The third-order valence-electron chi connectivity index (χ3n) is 3.49. The lowest BCUT2D eigenvalue weighted by molar-refractivity contribution is 0.101. The zero-order valence-electron chi connectivity index (χ0n) is 11.2. The molecule has 1 atom stereocenters. The van der Waals surface area contributed by atoms with Crippen LogP contribution in [0.3, 0.4) is 0 Å². The molecule has 2 aromatic rings. The smallest absolute Gasteiger partial charge is 0.126 e. The van der Waals surface area contributed by atoms with Gasteiger partial charge >= 0.3 is 0 Å². The Morgan fingerprint density at radius 3 is 1.95 bits per heavy atom. The molecule has 1 N–H and O–H groups in total. The van der Waals surface area contributed by atoms with Crippen LogP contribution >= 0.6 is 0 Å². The number of hydrogen-bond donors (Lipinski definition) is 1. The topological polar surface area (TPSA) is 20.2 Å². The van der Waals surface area contributed by atoms with E-state index in [4.69, 9.17) is 0 Å². The van der Waals surface area contributed by atoms with Gasteiger partial charge in [-0.15, -0.1) is 0 Å². The van der Waals surface area contributed by atoms with Gasteiger partial charge in [-0.25, -0.2) is 8.78 Å². The van der Waals surface area contributed by atoms with Crippen molar-refractivity contribution in [2.75, 3.05) is 0 Å². The summed E-state index contributed by atoms with van der Waals surface area (Å²) in [5.41, 5.74) is 1.51. The SMILES string of the molecule is Cc1ccc(C(C)(O)c2cc(F)cc(F)c2)cc1C. The minimum Gasteiger partial charge on any atom is -0.381 e. The molecule has 0 fully saturated rings. The van der Waals surface area contributed by atoms with Gasteiger partial charge in [0.1, 0.15) is 17.2 Å². The van der Waals surface area contributed by atoms with Gasteiger partial charge in [0.2, 0.25) is 0 Å². The van der Waals surface area contributed by atoms with Gasteiger partial charge in [0.05, 0.1) is 0 Å². The van der Waals surface area contributed by atoms with Crippen LogP contribution in [0.1, 0.15) is 29.2 Å². The van der Waals surface area contributed by atoms with E-state index in [1.807, 2.05) is 26.0 Å². The normalized spacial score (nSPS) is 14.2. The van der Waals surface area contributed by atoms with Crippen LogP contribution in [0.15, 0.2) is 36.4 Å². The molecule has 0 aliphatic rings. The molecule has 1 nitrogen and oxygen atoms in total. The third-order valence-corrected chi connectivity index (χ3v) is 3.49. The molecule has 0 aromatic heterocycles. The Morgan fingerprint density at radius 2 is 1.42 bits per heavy atom. The van der Waals surface area contributed by atoms with E-state index in [9.17, 15) is 13.9 Å². The molecular formula is C16H16F2O. The second kappa shape index (κ2) is 4.74. The van der Waals surface area contributed by atoms with Crippen molar-refractivity contribution in [2.24, 2.45) is 0 Å². The Bertz CT molecular complexity index is 598. The average Bonchev–Trinajstić information content (AvgIpc) is 2.31. The molecule has 0 saturated carbocycles. The Hall–Kier alpha value is -1.74. The van der Waals surface area contributed by atoms with Crippen molar-refractivity contribution < 1.29 is 13.9 Å². The van der Waals surface area contributed by atoms with Crippen molar-refractivity contribution >= 4 is 0 Å². The fourth-order valence-corrected chi connectivity index (χ4v) is 2.05. The summed E-state index contributed by atoms with van der Waals surface area (Å²) in [6.07, 6.45) is 0. The minimum atomic E-state index is -1.43. The van der Waals surface area contributed by atoms with E-state index in [0.717, 1.165) is 29.3 Å². The lowest BCUT2D eigenvalue weighted by Crippen LogP contribution is -2.23. The number of benzene rings is 2. The van der Waals surface area contributed by atoms with Crippen LogP contribution in [0.25, 0.3) is 0 Å². The molecular weight excluding hydrogens is 246 g/mol. The minimum absolute atomic E-state index is 0.202. The second-order valence-corrected chi connectivity index (χ2v) is 5.03. The van der Waals surface area contributed by atoms with Crippen molar-refractivity contribution in [3.05, 3.63) is 70.3 Å². The number of rotatable bonds is 2. The molecule has 0 heterocycles. The van der Waals surface area contributed by atoms with Crippen molar-refractivity contribution in [3.8, 4) is 0 Å². The van der Waals surface area contributed by atoms with Gasteiger partial charge in [-0.1, -0.05) is 18.2 Å². The van der Waals surface area contributed by atoms with Gasteiger partial charge in [-0.3, -0.25) is 0 Å². The molecule has 0 amide bonds. The van der Waals surface area contributed by atoms with Crippen LogP contribution in [0.4, 0.5) is 8.78 Å². The van der Waals surface area contributed by atoms with E-state index in [1.54, 1.807) is 6.07 Å². The van der Waals surface area contributed by atoms with E-state index in [-0.39, 0.29) is 5.56 Å². The first-order valence-corrected chi connectivity index (χ1v) is 6.07. The van der Waals surface area contributed by atoms with Crippen LogP contribution < -0.4 is 0 Å². The van der Waals surface area contributed by atoms with E-state index >= 15 is 0 Å². The number of aliphatic hydroxyl groups is 1. The Labute approximate surface area is 111 Å².